The molecule has 0 spiro atoms. The maximum atomic E-state index is 3.57. The minimum absolute atomic E-state index is 0.344. The van der Waals surface area contributed by atoms with Crippen LogP contribution in [0.3, 0.4) is 0 Å². The molecule has 0 radical (unpaired) electrons. The van der Waals surface area contributed by atoms with Gasteiger partial charge in [-0.2, -0.15) is 0 Å². The molecule has 2 heteroatoms. The topological polar surface area (TPSA) is 0 Å². The first-order valence-corrected chi connectivity index (χ1v) is 7.89. The summed E-state index contributed by atoms with van der Waals surface area (Å²) in [4.78, 5) is 1.36. The average Bonchev–Trinajstić information content (AvgIpc) is 2.36. The Balaban J connectivity index is 2.14. The van der Waals surface area contributed by atoms with Crippen molar-refractivity contribution in [2.24, 2.45) is 5.41 Å². The van der Waals surface area contributed by atoms with Gasteiger partial charge in [-0.05, 0) is 28.3 Å². The number of benzene rings is 2. The van der Waals surface area contributed by atoms with Crippen molar-refractivity contribution in [2.75, 3.05) is 11.1 Å². The smallest absolute Gasteiger partial charge is 0.00906 e. The molecule has 0 aliphatic rings. The van der Waals surface area contributed by atoms with Gasteiger partial charge in [0.15, 0.2) is 0 Å². The number of hydrogen-bond donors (Lipinski definition) is 0. The second kappa shape index (κ2) is 5.45. The van der Waals surface area contributed by atoms with E-state index in [0.29, 0.717) is 5.41 Å². The monoisotopic (exact) mass is 308 g/mol. The molecule has 0 fully saturated rings. The predicted molar refractivity (Wildman–Crippen MR) is 82.2 cm³/mol. The van der Waals surface area contributed by atoms with E-state index < -0.39 is 0 Å². The molecule has 0 aliphatic carbocycles. The predicted octanol–water partition coefficient (Wildman–Crippen LogP) is 5.35. The van der Waals surface area contributed by atoms with Crippen molar-refractivity contribution in [1.29, 1.82) is 0 Å². The molecule has 0 atom stereocenters. The van der Waals surface area contributed by atoms with Crippen molar-refractivity contribution in [3.8, 4) is 0 Å². The van der Waals surface area contributed by atoms with E-state index in [2.05, 4.69) is 72.2 Å². The molecule has 0 N–H and O–H groups in total. The van der Waals surface area contributed by atoms with E-state index >= 15 is 0 Å². The van der Waals surface area contributed by atoms with Gasteiger partial charge in [0.25, 0.3) is 0 Å². The van der Waals surface area contributed by atoms with Gasteiger partial charge < -0.3 is 0 Å². The zero-order chi connectivity index (χ0) is 12.3. The first-order valence-electron chi connectivity index (χ1n) is 5.78. The normalized spacial score (nSPS) is 11.9. The molecule has 90 valence electrons. The fourth-order valence-corrected chi connectivity index (χ4v) is 3.07. The van der Waals surface area contributed by atoms with Crippen LogP contribution in [-0.2, 0) is 0 Å². The number of rotatable bonds is 4. The maximum absolute atomic E-state index is 3.57. The molecule has 0 nitrogen and oxygen atoms in total. The highest BCUT2D eigenvalue weighted by atomic mass is 79.9. The number of thioether (sulfide) groups is 1. The lowest BCUT2D eigenvalue weighted by molar-refractivity contribution is 0.496. The fourth-order valence-electron chi connectivity index (χ4n) is 1.57. The quantitative estimate of drug-likeness (QED) is 0.541. The standard InChI is InChI=1S/C15H17BrS/c1-15(2,10-16)11-17-14-8-7-12-5-3-4-6-13(12)9-14/h3-9H,10-11H2,1-2H3. The molecule has 0 aliphatic heterocycles. The van der Waals surface area contributed by atoms with E-state index in [0.717, 1.165) is 11.1 Å². The van der Waals surface area contributed by atoms with E-state index in [-0.39, 0.29) is 0 Å². The van der Waals surface area contributed by atoms with Crippen LogP contribution in [0.5, 0.6) is 0 Å². The summed E-state index contributed by atoms with van der Waals surface area (Å²) in [6.45, 7) is 4.57. The minimum Gasteiger partial charge on any atom is -0.126 e. The van der Waals surface area contributed by atoms with Crippen LogP contribution in [-0.4, -0.2) is 11.1 Å². The van der Waals surface area contributed by atoms with Gasteiger partial charge in [0.1, 0.15) is 0 Å². The summed E-state index contributed by atoms with van der Waals surface area (Å²) in [6, 6.07) is 15.2. The van der Waals surface area contributed by atoms with Gasteiger partial charge in [0.05, 0.1) is 0 Å². The van der Waals surface area contributed by atoms with Gasteiger partial charge in [0, 0.05) is 16.0 Å². The number of fused-ring (bicyclic) bond motifs is 1. The highest BCUT2D eigenvalue weighted by Gasteiger charge is 2.16. The molecule has 2 aromatic carbocycles. The summed E-state index contributed by atoms with van der Waals surface area (Å²) < 4.78 is 0. The summed E-state index contributed by atoms with van der Waals surface area (Å²) >= 11 is 5.51. The first kappa shape index (κ1) is 13.0. The van der Waals surface area contributed by atoms with Crippen LogP contribution >= 0.6 is 27.7 Å². The molecule has 2 aromatic rings. The molecule has 2 rings (SSSR count). The molecular formula is C15H17BrS. The van der Waals surface area contributed by atoms with Gasteiger partial charge >= 0.3 is 0 Å². The Bertz CT molecular complexity index is 505. The van der Waals surface area contributed by atoms with Crippen LogP contribution in [0.2, 0.25) is 0 Å². The highest BCUT2D eigenvalue weighted by Crippen LogP contribution is 2.30. The molecule has 0 saturated carbocycles. The molecule has 17 heavy (non-hydrogen) atoms. The van der Waals surface area contributed by atoms with Crippen LogP contribution in [0, 0.1) is 5.41 Å². The van der Waals surface area contributed by atoms with E-state index in [9.17, 15) is 0 Å². The molecule has 0 amide bonds. The molecule has 0 bridgehead atoms. The van der Waals surface area contributed by atoms with Crippen molar-refractivity contribution in [3.63, 3.8) is 0 Å². The van der Waals surface area contributed by atoms with Gasteiger partial charge in [-0.3, -0.25) is 0 Å². The van der Waals surface area contributed by atoms with Gasteiger partial charge in [-0.15, -0.1) is 11.8 Å². The Morgan fingerprint density at radius 3 is 2.47 bits per heavy atom. The SMILES string of the molecule is CC(C)(CBr)CSc1ccc2ccccc2c1. The second-order valence-electron chi connectivity index (χ2n) is 5.10. The van der Waals surface area contributed by atoms with Gasteiger partial charge in [-0.1, -0.05) is 60.1 Å². The van der Waals surface area contributed by atoms with Crippen molar-refractivity contribution in [2.45, 2.75) is 18.7 Å². The minimum atomic E-state index is 0.344. The van der Waals surface area contributed by atoms with Crippen LogP contribution < -0.4 is 0 Å². The van der Waals surface area contributed by atoms with Crippen molar-refractivity contribution >= 4 is 38.5 Å². The van der Waals surface area contributed by atoms with Crippen LogP contribution in [0.1, 0.15) is 13.8 Å². The lowest BCUT2D eigenvalue weighted by Crippen LogP contribution is -2.15. The third-order valence-electron chi connectivity index (χ3n) is 2.71. The Morgan fingerprint density at radius 2 is 1.76 bits per heavy atom. The number of hydrogen-bond acceptors (Lipinski definition) is 1. The summed E-state index contributed by atoms with van der Waals surface area (Å²) in [5.74, 6) is 1.14. The molecule has 0 unspecified atom stereocenters. The molecular weight excluding hydrogens is 292 g/mol. The Morgan fingerprint density at radius 1 is 1.06 bits per heavy atom. The lowest BCUT2D eigenvalue weighted by Gasteiger charge is -2.20. The lowest BCUT2D eigenvalue weighted by atomic mass is 10.0. The second-order valence-corrected chi connectivity index (χ2v) is 6.70. The first-order chi connectivity index (χ1) is 8.11. The van der Waals surface area contributed by atoms with E-state index in [1.807, 2.05) is 11.8 Å². The van der Waals surface area contributed by atoms with Crippen molar-refractivity contribution in [1.82, 2.24) is 0 Å². The number of alkyl halides is 1. The maximum Gasteiger partial charge on any atom is 0.00906 e. The van der Waals surface area contributed by atoms with Gasteiger partial charge in [-0.25, -0.2) is 0 Å². The molecule has 0 aromatic heterocycles. The summed E-state index contributed by atoms with van der Waals surface area (Å²) in [5, 5.41) is 3.69. The summed E-state index contributed by atoms with van der Waals surface area (Å²) in [7, 11) is 0. The summed E-state index contributed by atoms with van der Waals surface area (Å²) in [6.07, 6.45) is 0. The third kappa shape index (κ3) is 3.49. The van der Waals surface area contributed by atoms with E-state index in [4.69, 9.17) is 0 Å². The van der Waals surface area contributed by atoms with E-state index in [1.165, 1.54) is 15.7 Å². The van der Waals surface area contributed by atoms with Crippen LogP contribution in [0.25, 0.3) is 10.8 Å². The largest absolute Gasteiger partial charge is 0.126 e. The van der Waals surface area contributed by atoms with Crippen LogP contribution in [0.15, 0.2) is 47.4 Å². The average molecular weight is 309 g/mol. The van der Waals surface area contributed by atoms with E-state index in [1.54, 1.807) is 0 Å². The van der Waals surface area contributed by atoms with Crippen molar-refractivity contribution < 1.29 is 0 Å². The van der Waals surface area contributed by atoms with Crippen LogP contribution in [0.4, 0.5) is 0 Å². The Hall–Kier alpha value is -0.470. The summed E-state index contributed by atoms with van der Waals surface area (Å²) in [5.41, 5.74) is 0.344. The Kier molecular flexibility index (Phi) is 4.16. The molecule has 0 saturated heterocycles. The van der Waals surface area contributed by atoms with Crippen molar-refractivity contribution in [3.05, 3.63) is 42.5 Å². The highest BCUT2D eigenvalue weighted by molar-refractivity contribution is 9.09. The zero-order valence-corrected chi connectivity index (χ0v) is 12.6. The van der Waals surface area contributed by atoms with Gasteiger partial charge in [0.2, 0.25) is 0 Å². The molecule has 0 heterocycles. The Labute approximate surface area is 116 Å². The zero-order valence-electron chi connectivity index (χ0n) is 10.2. The number of halogens is 1. The fraction of sp³-hybridized carbons (Fsp3) is 0.333. The third-order valence-corrected chi connectivity index (χ3v) is 5.74.